The molecule has 3 nitrogen and oxygen atoms in total. The van der Waals surface area contributed by atoms with Crippen LogP contribution < -0.4 is 0 Å². The molecule has 2 atom stereocenters. The van der Waals surface area contributed by atoms with Gasteiger partial charge in [-0.2, -0.15) is 0 Å². The number of hydrogen-bond donors (Lipinski definition) is 0. The van der Waals surface area contributed by atoms with Crippen LogP contribution in [-0.4, -0.2) is 77.1 Å². The summed E-state index contributed by atoms with van der Waals surface area (Å²) in [5.41, 5.74) is 7.10. The molecule has 3 N–H and O–H groups in total. The maximum atomic E-state index is 10.2. The molecule has 7 heteroatoms. The van der Waals surface area contributed by atoms with E-state index in [1.54, 1.807) is 0 Å². The molecule has 0 saturated carbocycles. The summed E-state index contributed by atoms with van der Waals surface area (Å²) in [6.07, 6.45) is 0.790. The van der Waals surface area contributed by atoms with Crippen molar-refractivity contribution >= 4 is 29.7 Å². The van der Waals surface area contributed by atoms with Crippen molar-refractivity contribution in [1.82, 2.24) is 0 Å². The number of rotatable bonds is 3. The van der Waals surface area contributed by atoms with Crippen molar-refractivity contribution < 1.29 is 30.0 Å². The maximum Gasteiger partial charge on any atom is 3.00 e. The normalized spacial score (nSPS) is 11.8. The smallest absolute Gasteiger partial charge is 0.660 e. The van der Waals surface area contributed by atoms with Crippen molar-refractivity contribution in [3.8, 4) is 0 Å². The Bertz CT molecular complexity index is 196. The van der Waals surface area contributed by atoms with E-state index in [-0.39, 0.29) is 49.8 Å². The van der Waals surface area contributed by atoms with E-state index >= 15 is 0 Å². The Hall–Kier alpha value is 1.37. The van der Waals surface area contributed by atoms with Gasteiger partial charge < -0.3 is 10.8 Å². The Morgan fingerprint density at radius 1 is 0.909 bits per heavy atom. The molecule has 0 aliphatic carbocycles. The third kappa shape index (κ3) is 68.6. The van der Waals surface area contributed by atoms with Crippen molar-refractivity contribution in [2.45, 2.75) is 26.3 Å². The Morgan fingerprint density at radius 3 is 1.14 bits per heavy atom. The quantitative estimate of drug-likeness (QED) is 0.385. The SMILES string of the molecule is CCC(C)C([NH-])C(=O)[OH2+].C[PH+](C)C.C[PH+](C)C.C[PH+](C)C.[Ir+3]. The second-order valence-corrected chi connectivity index (χ2v) is 15.7. The second kappa shape index (κ2) is 24.6. The third-order valence-corrected chi connectivity index (χ3v) is 1.50. The number of carbonyl (C=O) groups excluding carboxylic acids is 1. The summed E-state index contributed by atoms with van der Waals surface area (Å²) in [6, 6.07) is -0.838. The molecule has 2 unspecified atom stereocenters. The molecule has 0 fully saturated rings. The average Bonchev–Trinajstić information content (AvgIpc) is 2.24. The summed E-state index contributed by atoms with van der Waals surface area (Å²) in [7, 11) is 0.361. The predicted octanol–water partition coefficient (Wildman–Crippen LogP) is 3.97. The summed E-state index contributed by atoms with van der Waals surface area (Å²) in [4.78, 5) is 10.2. The Balaban J connectivity index is -0.0000000632. The van der Waals surface area contributed by atoms with Gasteiger partial charge in [0.1, 0.15) is 0 Å². The van der Waals surface area contributed by atoms with Crippen LogP contribution in [0.4, 0.5) is 0 Å². The zero-order valence-corrected chi connectivity index (χ0v) is 22.0. The summed E-state index contributed by atoms with van der Waals surface area (Å²) in [5, 5.41) is 6.59. The fourth-order valence-corrected chi connectivity index (χ4v) is 0.494. The molecular formula is C15H43IrNO2P3+6. The predicted molar refractivity (Wildman–Crippen MR) is 114 cm³/mol. The topological polar surface area (TPSA) is 63.8 Å². The minimum absolute atomic E-state index is 0. The van der Waals surface area contributed by atoms with Gasteiger partial charge in [0.15, 0.2) is 0 Å². The minimum Gasteiger partial charge on any atom is -0.660 e. The van der Waals surface area contributed by atoms with Crippen molar-refractivity contribution in [2.24, 2.45) is 5.92 Å². The largest absolute Gasteiger partial charge is 3.00 e. The molecule has 22 heavy (non-hydrogen) atoms. The van der Waals surface area contributed by atoms with Crippen molar-refractivity contribution in [3.63, 3.8) is 0 Å². The molecule has 0 heterocycles. The minimum atomic E-state index is -0.838. The zero-order chi connectivity index (χ0) is 18.2. The maximum absolute atomic E-state index is 10.2. The molecule has 0 aliphatic rings. The molecule has 0 saturated heterocycles. The summed E-state index contributed by atoms with van der Waals surface area (Å²) in [6.45, 7) is 24.1. The number of carbonyl (C=O) groups is 1. The summed E-state index contributed by atoms with van der Waals surface area (Å²) >= 11 is 0. The van der Waals surface area contributed by atoms with Gasteiger partial charge in [-0.15, -0.1) is 0 Å². The molecule has 0 bridgehead atoms. The summed E-state index contributed by atoms with van der Waals surface area (Å²) < 4.78 is 0. The van der Waals surface area contributed by atoms with Crippen LogP contribution in [0, 0.1) is 5.92 Å². The molecule has 0 spiro atoms. The molecule has 0 radical (unpaired) electrons. The standard InChI is InChI=1S/C6H12NO2.3C3H9P.Ir/c1-3-4(2)5(7)6(8)9;3*1-4(2)3;/h4-5,7H,3H2,1-2H3,(H,8,9);3*1-3H3;/q-1;;;;+3/p+4. The van der Waals surface area contributed by atoms with E-state index in [1.807, 2.05) is 13.8 Å². The van der Waals surface area contributed by atoms with Crippen LogP contribution in [0.2, 0.25) is 0 Å². The first-order valence-corrected chi connectivity index (χ1v) is 16.6. The van der Waals surface area contributed by atoms with E-state index in [0.717, 1.165) is 6.42 Å². The second-order valence-electron chi connectivity index (χ2n) is 6.73. The Kier molecular flexibility index (Phi) is 38.8. The van der Waals surface area contributed by atoms with Crippen LogP contribution in [0.5, 0.6) is 0 Å². The molecule has 138 valence electrons. The molecule has 0 aromatic carbocycles. The van der Waals surface area contributed by atoms with Gasteiger partial charge in [-0.25, -0.2) is 0 Å². The molecule has 0 aromatic heterocycles. The van der Waals surface area contributed by atoms with Gasteiger partial charge in [0.05, 0.1) is 0 Å². The first-order chi connectivity index (χ1) is 9.29. The van der Waals surface area contributed by atoms with Gasteiger partial charge in [-0.3, -0.25) is 0 Å². The third-order valence-electron chi connectivity index (χ3n) is 1.50. The molecule has 0 aromatic rings. The van der Waals surface area contributed by atoms with Crippen molar-refractivity contribution in [3.05, 3.63) is 5.73 Å². The molecular weight excluding hydrogens is 511 g/mol. The van der Waals surface area contributed by atoms with E-state index in [1.165, 1.54) is 0 Å². The van der Waals surface area contributed by atoms with E-state index in [2.05, 4.69) is 60.0 Å². The zero-order valence-electron chi connectivity index (χ0n) is 16.6. The summed E-state index contributed by atoms with van der Waals surface area (Å²) in [5.74, 6) is -0.751. The van der Waals surface area contributed by atoms with Gasteiger partial charge >= 0.3 is 26.1 Å². The van der Waals surface area contributed by atoms with Crippen molar-refractivity contribution in [2.75, 3.05) is 60.0 Å². The van der Waals surface area contributed by atoms with Gasteiger partial charge in [0.2, 0.25) is 0 Å². The molecule has 0 rings (SSSR count). The average molecular weight is 555 g/mol. The fourth-order valence-electron chi connectivity index (χ4n) is 0.494. The van der Waals surface area contributed by atoms with E-state index < -0.39 is 12.0 Å². The fraction of sp³-hybridized carbons (Fsp3) is 0.933. The van der Waals surface area contributed by atoms with Crippen LogP contribution in [0.15, 0.2) is 0 Å². The van der Waals surface area contributed by atoms with Crippen LogP contribution in [-0.2, 0) is 24.9 Å². The first kappa shape index (κ1) is 34.7. The van der Waals surface area contributed by atoms with Gasteiger partial charge in [0.25, 0.3) is 0 Å². The first-order valence-electron chi connectivity index (χ1n) is 7.56. The van der Waals surface area contributed by atoms with Gasteiger partial charge in [0, 0.05) is 70.8 Å². The molecule has 0 amide bonds. The van der Waals surface area contributed by atoms with Crippen LogP contribution >= 0.6 is 23.8 Å². The van der Waals surface area contributed by atoms with Crippen molar-refractivity contribution in [1.29, 1.82) is 0 Å². The van der Waals surface area contributed by atoms with Crippen LogP contribution in [0.3, 0.4) is 0 Å². The molecule has 0 aliphatic heterocycles. The Labute approximate surface area is 157 Å². The van der Waals surface area contributed by atoms with E-state index in [4.69, 9.17) is 10.8 Å². The van der Waals surface area contributed by atoms with Crippen LogP contribution in [0.1, 0.15) is 20.3 Å². The van der Waals surface area contributed by atoms with Crippen LogP contribution in [0.25, 0.3) is 5.73 Å². The van der Waals surface area contributed by atoms with E-state index in [9.17, 15) is 4.79 Å². The van der Waals surface area contributed by atoms with Gasteiger partial charge in [-0.1, -0.05) is 20.3 Å². The Morgan fingerprint density at radius 2 is 1.09 bits per heavy atom. The number of hydrogen-bond acceptors (Lipinski definition) is 1. The van der Waals surface area contributed by atoms with Gasteiger partial charge in [-0.05, 0) is 29.7 Å². The number of nitrogens with one attached hydrogen (secondary N) is 1. The van der Waals surface area contributed by atoms with E-state index in [0.29, 0.717) is 0 Å². The monoisotopic (exact) mass is 555 g/mol.